The molecule has 0 saturated carbocycles. The Balaban J connectivity index is 2.22. The van der Waals surface area contributed by atoms with Gasteiger partial charge in [-0.25, -0.2) is 9.18 Å². The fourth-order valence-electron chi connectivity index (χ4n) is 2.75. The number of hydrogen-bond acceptors (Lipinski definition) is 3. The van der Waals surface area contributed by atoms with E-state index in [0.29, 0.717) is 5.52 Å². The van der Waals surface area contributed by atoms with Gasteiger partial charge in [0.05, 0.1) is 5.52 Å². The van der Waals surface area contributed by atoms with E-state index in [4.69, 9.17) is 0 Å². The molecule has 3 aromatic rings. The molecule has 0 bridgehead atoms. The SMILES string of the molecule is CNC(=O)c1ccc2c(c1)c(=O)c(C(=O)O)cn2Cc1ccc(F)cc1. The molecule has 1 heterocycles. The molecule has 2 aromatic carbocycles. The van der Waals surface area contributed by atoms with E-state index < -0.39 is 17.0 Å². The first-order chi connectivity index (χ1) is 12.4. The highest BCUT2D eigenvalue weighted by Crippen LogP contribution is 2.17. The van der Waals surface area contributed by atoms with Crippen LogP contribution in [-0.4, -0.2) is 28.6 Å². The number of amides is 1. The molecule has 0 fully saturated rings. The Hall–Kier alpha value is -3.48. The van der Waals surface area contributed by atoms with Crippen molar-refractivity contribution in [3.05, 3.63) is 81.4 Å². The zero-order valence-electron chi connectivity index (χ0n) is 13.8. The zero-order valence-corrected chi connectivity index (χ0v) is 13.8. The highest BCUT2D eigenvalue weighted by atomic mass is 19.1. The predicted octanol–water partition coefficient (Wildman–Crippen LogP) is 2.25. The van der Waals surface area contributed by atoms with Crippen molar-refractivity contribution >= 4 is 22.8 Å². The molecule has 26 heavy (non-hydrogen) atoms. The van der Waals surface area contributed by atoms with E-state index in [1.807, 2.05) is 0 Å². The maximum Gasteiger partial charge on any atom is 0.341 e. The summed E-state index contributed by atoms with van der Waals surface area (Å²) >= 11 is 0. The quantitative estimate of drug-likeness (QED) is 0.752. The van der Waals surface area contributed by atoms with Gasteiger partial charge in [-0.3, -0.25) is 9.59 Å². The topological polar surface area (TPSA) is 88.4 Å². The molecule has 132 valence electrons. The lowest BCUT2D eigenvalue weighted by molar-refractivity contribution is 0.0694. The number of nitrogens with one attached hydrogen (secondary N) is 1. The van der Waals surface area contributed by atoms with E-state index >= 15 is 0 Å². The fraction of sp³-hybridized carbons (Fsp3) is 0.105. The summed E-state index contributed by atoms with van der Waals surface area (Å²) in [4.78, 5) is 35.8. The van der Waals surface area contributed by atoms with Crippen LogP contribution in [0.2, 0.25) is 0 Å². The number of aromatic nitrogens is 1. The van der Waals surface area contributed by atoms with Gasteiger partial charge in [0, 0.05) is 30.7 Å². The van der Waals surface area contributed by atoms with Gasteiger partial charge in [-0.05, 0) is 35.9 Å². The molecule has 0 aliphatic carbocycles. The van der Waals surface area contributed by atoms with Gasteiger partial charge in [0.25, 0.3) is 5.91 Å². The molecule has 0 aliphatic heterocycles. The van der Waals surface area contributed by atoms with Crippen LogP contribution in [0.3, 0.4) is 0 Å². The van der Waals surface area contributed by atoms with E-state index in [1.54, 1.807) is 28.8 Å². The van der Waals surface area contributed by atoms with Crippen LogP contribution in [-0.2, 0) is 6.54 Å². The van der Waals surface area contributed by atoms with Crippen molar-refractivity contribution in [1.29, 1.82) is 0 Å². The smallest absolute Gasteiger partial charge is 0.341 e. The van der Waals surface area contributed by atoms with Gasteiger partial charge in [-0.2, -0.15) is 0 Å². The summed E-state index contributed by atoms with van der Waals surface area (Å²) in [6, 6.07) is 10.3. The number of nitrogens with zero attached hydrogens (tertiary/aromatic N) is 1. The van der Waals surface area contributed by atoms with Gasteiger partial charge in [0.15, 0.2) is 0 Å². The molecule has 1 aromatic heterocycles. The van der Waals surface area contributed by atoms with Crippen LogP contribution in [0.15, 0.2) is 53.5 Å². The Bertz CT molecular complexity index is 1070. The van der Waals surface area contributed by atoms with Crippen molar-refractivity contribution in [3.8, 4) is 0 Å². The second kappa shape index (κ2) is 6.79. The van der Waals surface area contributed by atoms with Gasteiger partial charge in [0.2, 0.25) is 5.43 Å². The summed E-state index contributed by atoms with van der Waals surface area (Å²) in [5.74, 6) is -2.10. The summed E-state index contributed by atoms with van der Waals surface area (Å²) in [6.07, 6.45) is 1.26. The maximum absolute atomic E-state index is 13.1. The number of fused-ring (bicyclic) bond motifs is 1. The summed E-state index contributed by atoms with van der Waals surface area (Å²) in [7, 11) is 1.47. The third kappa shape index (κ3) is 3.19. The van der Waals surface area contributed by atoms with E-state index in [1.165, 1.54) is 31.4 Å². The Labute approximate surface area is 147 Å². The number of carboxylic acids is 1. The molecule has 7 heteroatoms. The number of aromatic carboxylic acids is 1. The number of rotatable bonds is 4. The third-order valence-electron chi connectivity index (χ3n) is 4.07. The molecule has 0 unspecified atom stereocenters. The van der Waals surface area contributed by atoms with Gasteiger partial charge < -0.3 is 15.0 Å². The Kier molecular flexibility index (Phi) is 4.53. The van der Waals surface area contributed by atoms with Crippen LogP contribution < -0.4 is 10.7 Å². The monoisotopic (exact) mass is 354 g/mol. The number of hydrogen-bond donors (Lipinski definition) is 2. The number of halogens is 1. The lowest BCUT2D eigenvalue weighted by Crippen LogP contribution is -2.21. The molecule has 1 amide bonds. The number of benzene rings is 2. The van der Waals surface area contributed by atoms with Crippen molar-refractivity contribution in [2.24, 2.45) is 0 Å². The summed E-state index contributed by atoms with van der Waals surface area (Å²) < 4.78 is 14.7. The molecule has 0 spiro atoms. The molecule has 3 rings (SSSR count). The van der Waals surface area contributed by atoms with Crippen molar-refractivity contribution < 1.29 is 19.1 Å². The van der Waals surface area contributed by atoms with Crippen LogP contribution in [0.5, 0.6) is 0 Å². The summed E-state index contributed by atoms with van der Waals surface area (Å²) in [6.45, 7) is 0.247. The number of carboxylic acid groups (broad SMARTS) is 1. The summed E-state index contributed by atoms with van der Waals surface area (Å²) in [5, 5.41) is 11.9. The van der Waals surface area contributed by atoms with Crippen molar-refractivity contribution in [1.82, 2.24) is 9.88 Å². The maximum atomic E-state index is 13.1. The molecule has 0 aliphatic rings. The molecule has 0 saturated heterocycles. The van der Waals surface area contributed by atoms with Crippen LogP contribution in [0.1, 0.15) is 26.3 Å². The first-order valence-corrected chi connectivity index (χ1v) is 7.77. The van der Waals surface area contributed by atoms with Crippen LogP contribution in [0.25, 0.3) is 10.9 Å². The van der Waals surface area contributed by atoms with Crippen molar-refractivity contribution in [3.63, 3.8) is 0 Å². The number of pyridine rings is 1. The minimum Gasteiger partial charge on any atom is -0.477 e. The highest BCUT2D eigenvalue weighted by molar-refractivity contribution is 5.99. The van der Waals surface area contributed by atoms with E-state index in [-0.39, 0.29) is 29.2 Å². The average Bonchev–Trinajstić information content (AvgIpc) is 2.64. The van der Waals surface area contributed by atoms with Gasteiger partial charge in [0.1, 0.15) is 11.4 Å². The highest BCUT2D eigenvalue weighted by Gasteiger charge is 2.16. The largest absolute Gasteiger partial charge is 0.477 e. The minimum atomic E-state index is -1.35. The standard InChI is InChI=1S/C19H15FN2O4/c1-21-18(24)12-4-7-16-14(8-12)17(23)15(19(25)26)10-22(16)9-11-2-5-13(20)6-3-11/h2-8,10H,9H2,1H3,(H,21,24)(H,25,26). The molecule has 0 atom stereocenters. The van der Waals surface area contributed by atoms with Crippen LogP contribution in [0, 0.1) is 5.82 Å². The minimum absolute atomic E-state index is 0.133. The van der Waals surface area contributed by atoms with Crippen molar-refractivity contribution in [2.75, 3.05) is 7.05 Å². The molecular formula is C19H15FN2O4. The fourth-order valence-corrected chi connectivity index (χ4v) is 2.75. The van der Waals surface area contributed by atoms with E-state index in [2.05, 4.69) is 5.32 Å². The Morgan fingerprint density at radius 1 is 1.15 bits per heavy atom. The molecule has 6 nitrogen and oxygen atoms in total. The van der Waals surface area contributed by atoms with Gasteiger partial charge >= 0.3 is 5.97 Å². The van der Waals surface area contributed by atoms with Gasteiger partial charge in [-0.1, -0.05) is 12.1 Å². The second-order valence-electron chi connectivity index (χ2n) is 5.74. The van der Waals surface area contributed by atoms with Crippen LogP contribution >= 0.6 is 0 Å². The number of carbonyl (C=O) groups is 2. The van der Waals surface area contributed by atoms with E-state index in [0.717, 1.165) is 5.56 Å². The average molecular weight is 354 g/mol. The Morgan fingerprint density at radius 3 is 2.46 bits per heavy atom. The normalized spacial score (nSPS) is 10.7. The van der Waals surface area contributed by atoms with Crippen molar-refractivity contribution in [2.45, 2.75) is 6.54 Å². The second-order valence-corrected chi connectivity index (χ2v) is 5.74. The lowest BCUT2D eigenvalue weighted by atomic mass is 10.1. The predicted molar refractivity (Wildman–Crippen MR) is 94.1 cm³/mol. The van der Waals surface area contributed by atoms with Gasteiger partial charge in [-0.15, -0.1) is 0 Å². The Morgan fingerprint density at radius 2 is 1.85 bits per heavy atom. The number of carbonyl (C=O) groups excluding carboxylic acids is 1. The first kappa shape index (κ1) is 17.3. The molecule has 0 radical (unpaired) electrons. The molecular weight excluding hydrogens is 339 g/mol. The molecule has 2 N–H and O–H groups in total. The zero-order chi connectivity index (χ0) is 18.8. The lowest BCUT2D eigenvalue weighted by Gasteiger charge is -2.13. The third-order valence-corrected chi connectivity index (χ3v) is 4.07. The van der Waals surface area contributed by atoms with Crippen LogP contribution in [0.4, 0.5) is 4.39 Å². The summed E-state index contributed by atoms with van der Waals surface area (Å²) in [5.41, 5.74) is 0.426. The first-order valence-electron chi connectivity index (χ1n) is 7.77. The van der Waals surface area contributed by atoms with E-state index in [9.17, 15) is 23.9 Å².